The van der Waals surface area contributed by atoms with E-state index in [0.717, 1.165) is 71.5 Å². The van der Waals surface area contributed by atoms with Crippen LogP contribution in [0.3, 0.4) is 0 Å². The van der Waals surface area contributed by atoms with Crippen molar-refractivity contribution in [1.29, 1.82) is 0 Å². The number of hydrogen-bond acceptors (Lipinski definition) is 0. The first-order valence-electron chi connectivity index (χ1n) is 5.43. The van der Waals surface area contributed by atoms with Crippen LogP contribution in [0.1, 0.15) is 25.7 Å². The molecule has 0 aromatic heterocycles. The summed E-state index contributed by atoms with van der Waals surface area (Å²) >= 11 is 6.23. The minimum absolute atomic E-state index is 0.847. The van der Waals surface area contributed by atoms with Crippen molar-refractivity contribution in [1.82, 2.24) is 0 Å². The second kappa shape index (κ2) is 14.7. The van der Waals surface area contributed by atoms with E-state index in [0.29, 0.717) is 0 Å². The van der Waals surface area contributed by atoms with Crippen LogP contribution in [0.15, 0.2) is 35.4 Å². The van der Waals surface area contributed by atoms with E-state index in [1.165, 1.54) is 25.7 Å². The summed E-state index contributed by atoms with van der Waals surface area (Å²) in [6.07, 6.45) is 16.8. The van der Waals surface area contributed by atoms with Gasteiger partial charge >= 0.3 is 138 Å². The van der Waals surface area contributed by atoms with Gasteiger partial charge in [0.05, 0.1) is 0 Å². The van der Waals surface area contributed by atoms with Gasteiger partial charge in [0.1, 0.15) is 0 Å². The average molecular weight is 622 g/mol. The molecule has 0 saturated heterocycles. The van der Waals surface area contributed by atoms with Gasteiger partial charge in [-0.25, -0.2) is 0 Å². The zero-order valence-corrected chi connectivity index (χ0v) is 19.7. The van der Waals surface area contributed by atoms with Crippen molar-refractivity contribution in [3.8, 4) is 0 Å². The summed E-state index contributed by atoms with van der Waals surface area (Å²) in [5.74, 6) is 0. The van der Waals surface area contributed by atoms with Gasteiger partial charge in [-0.15, -0.1) is 0 Å². The van der Waals surface area contributed by atoms with Crippen LogP contribution < -0.4 is 0 Å². The summed E-state index contributed by atoms with van der Waals surface area (Å²) in [6, 6.07) is 0. The molecule has 0 unspecified atom stereocenters. The van der Waals surface area contributed by atoms with Gasteiger partial charge in [-0.3, -0.25) is 0 Å². The van der Waals surface area contributed by atoms with E-state index in [-0.39, 0.29) is 0 Å². The van der Waals surface area contributed by atoms with Gasteiger partial charge in [0, 0.05) is 0 Å². The van der Waals surface area contributed by atoms with E-state index in [4.69, 9.17) is 0 Å². The normalized spacial score (nSPS) is 23.1. The molecule has 0 saturated carbocycles. The Bertz CT molecular complexity index is 224. The van der Waals surface area contributed by atoms with Crippen LogP contribution in [0.2, 0.25) is 5.32 Å². The standard InChI is InChI=1S/C11H16Se6/c1-2-4-6-8-10-12-14-16-17-15-13-11-9-7-5-3-1/h1-2,4,6,8,10H,3,5,7,9,11H2/b2-1+,6-4?,10-8?. The monoisotopic (exact) mass is 628 g/mol. The quantitative estimate of drug-likeness (QED) is 0.359. The predicted molar refractivity (Wildman–Crippen MR) is 85.2 cm³/mol. The molecule has 1 aliphatic rings. The Hall–Kier alpha value is 2.34. The molecule has 0 aromatic rings. The number of rotatable bonds is 0. The van der Waals surface area contributed by atoms with Crippen molar-refractivity contribution < 1.29 is 0 Å². The first-order chi connectivity index (χ1) is 8.50. The second-order valence-corrected chi connectivity index (χ2v) is 48.1. The van der Waals surface area contributed by atoms with E-state index in [1.807, 2.05) is 0 Å². The maximum atomic E-state index is 2.42. The molecule has 0 bridgehead atoms. The Kier molecular flexibility index (Phi) is 15.1. The fourth-order valence-corrected chi connectivity index (χ4v) is 124. The molecule has 6 heteroatoms. The third-order valence-electron chi connectivity index (χ3n) is 1.87. The van der Waals surface area contributed by atoms with Crippen molar-refractivity contribution in [2.75, 3.05) is 0 Å². The first kappa shape index (κ1) is 17.4. The molecule has 0 atom stereocenters. The van der Waals surface area contributed by atoms with Gasteiger partial charge in [-0.2, -0.15) is 0 Å². The third-order valence-corrected chi connectivity index (χ3v) is 79.3. The molecule has 0 spiro atoms. The predicted octanol–water partition coefficient (Wildman–Crippen LogP) is 1.40. The Morgan fingerprint density at radius 3 is 2.59 bits per heavy atom. The fourth-order valence-electron chi connectivity index (χ4n) is 1.10. The summed E-state index contributed by atoms with van der Waals surface area (Å²) in [7, 11) is 0. The zero-order chi connectivity index (χ0) is 12.0. The maximum absolute atomic E-state index is 2.42. The summed E-state index contributed by atoms with van der Waals surface area (Å²) in [6.45, 7) is 0. The minimum atomic E-state index is 0.847. The van der Waals surface area contributed by atoms with E-state index < -0.39 is 0 Å². The van der Waals surface area contributed by atoms with Crippen LogP contribution in [-0.2, 0) is 0 Å². The van der Waals surface area contributed by atoms with Gasteiger partial charge in [-0.05, 0) is 0 Å². The van der Waals surface area contributed by atoms with Crippen LogP contribution in [0.5, 0.6) is 0 Å². The SMILES string of the molecule is C1=C/C=C/CCCCC[Se][Se][Se][Se][Se][Se]C=C1. The van der Waals surface area contributed by atoms with Gasteiger partial charge < -0.3 is 0 Å². The molecule has 1 rings (SSSR count). The second-order valence-electron chi connectivity index (χ2n) is 3.18. The number of hydrogen-bond donors (Lipinski definition) is 0. The molecule has 0 N–H and O–H groups in total. The Balaban J connectivity index is 2.22. The van der Waals surface area contributed by atoms with Crippen molar-refractivity contribution in [3.63, 3.8) is 0 Å². The summed E-state index contributed by atoms with van der Waals surface area (Å²) in [5.41, 5.74) is 0. The topological polar surface area (TPSA) is 0 Å². The summed E-state index contributed by atoms with van der Waals surface area (Å²) in [4.78, 5) is 2.42. The zero-order valence-electron chi connectivity index (χ0n) is 9.45. The molecular weight excluding hydrogens is 606 g/mol. The Morgan fingerprint density at radius 2 is 1.59 bits per heavy atom. The molecular formula is C11H16Se6. The van der Waals surface area contributed by atoms with Crippen LogP contribution in [-0.4, -0.2) is 71.5 Å². The molecule has 0 amide bonds. The van der Waals surface area contributed by atoms with E-state index >= 15 is 0 Å². The Labute approximate surface area is 136 Å². The van der Waals surface area contributed by atoms with Gasteiger partial charge in [-0.1, -0.05) is 0 Å². The number of allylic oxidation sites excluding steroid dienone is 5. The molecule has 0 fully saturated rings. The van der Waals surface area contributed by atoms with Crippen molar-refractivity contribution in [2.45, 2.75) is 31.0 Å². The fraction of sp³-hybridized carbons (Fsp3) is 0.455. The van der Waals surface area contributed by atoms with Crippen molar-refractivity contribution in [3.05, 3.63) is 35.4 Å². The Morgan fingerprint density at radius 1 is 0.706 bits per heavy atom. The van der Waals surface area contributed by atoms with Crippen LogP contribution in [0.25, 0.3) is 0 Å². The van der Waals surface area contributed by atoms with Crippen molar-refractivity contribution >= 4 is 71.5 Å². The molecule has 1 aliphatic heterocycles. The molecule has 0 nitrogen and oxygen atoms in total. The van der Waals surface area contributed by atoms with Crippen LogP contribution in [0, 0.1) is 0 Å². The molecule has 1 heterocycles. The van der Waals surface area contributed by atoms with Gasteiger partial charge in [0.2, 0.25) is 0 Å². The molecule has 0 radical (unpaired) electrons. The molecule has 17 heavy (non-hydrogen) atoms. The van der Waals surface area contributed by atoms with E-state index in [2.05, 4.69) is 35.4 Å². The molecule has 0 aromatic carbocycles. The van der Waals surface area contributed by atoms with Crippen LogP contribution in [0.4, 0.5) is 0 Å². The van der Waals surface area contributed by atoms with Crippen LogP contribution >= 0.6 is 0 Å². The van der Waals surface area contributed by atoms with Gasteiger partial charge in [0.15, 0.2) is 0 Å². The summed E-state index contributed by atoms with van der Waals surface area (Å²) in [5, 5.41) is 1.58. The van der Waals surface area contributed by atoms with E-state index in [1.54, 1.807) is 5.32 Å². The van der Waals surface area contributed by atoms with Crippen molar-refractivity contribution in [2.24, 2.45) is 0 Å². The molecule has 0 aliphatic carbocycles. The van der Waals surface area contributed by atoms with Gasteiger partial charge in [0.25, 0.3) is 0 Å². The molecule has 96 valence electrons. The third kappa shape index (κ3) is 13.1. The first-order valence-corrected chi connectivity index (χ1v) is 29.3. The van der Waals surface area contributed by atoms with E-state index in [9.17, 15) is 0 Å². The summed E-state index contributed by atoms with van der Waals surface area (Å²) < 4.78 is 0. The average Bonchev–Trinajstić information content (AvgIpc) is 2.35.